The van der Waals surface area contributed by atoms with E-state index in [9.17, 15) is 4.79 Å². The molecule has 7 heteroatoms. The molecule has 0 fully saturated rings. The van der Waals surface area contributed by atoms with Crippen LogP contribution in [0.25, 0.3) is 0 Å². The number of carbonyl (C=O) groups excluding carboxylic acids is 1. The van der Waals surface area contributed by atoms with Crippen molar-refractivity contribution in [1.29, 1.82) is 0 Å². The summed E-state index contributed by atoms with van der Waals surface area (Å²) in [5, 5.41) is 13.6. The summed E-state index contributed by atoms with van der Waals surface area (Å²) in [7, 11) is 0. The van der Waals surface area contributed by atoms with Gasteiger partial charge in [-0.15, -0.1) is 21.5 Å². The molecule has 21 heavy (non-hydrogen) atoms. The molecule has 2 aromatic heterocycles. The molecule has 2 heterocycles. The molecule has 1 amide bonds. The number of allylic oxidation sites excluding steroid dienone is 2. The van der Waals surface area contributed by atoms with Gasteiger partial charge in [0.25, 0.3) is 0 Å². The average Bonchev–Trinajstić information content (AvgIpc) is 3.19. The number of anilines is 1. The first-order valence-corrected chi connectivity index (χ1v) is 9.43. The van der Waals surface area contributed by atoms with Crippen molar-refractivity contribution in [2.75, 3.05) is 5.32 Å². The lowest BCUT2D eigenvalue weighted by Crippen LogP contribution is -2.14. The van der Waals surface area contributed by atoms with E-state index in [0.717, 1.165) is 22.9 Å². The Kier molecular flexibility index (Phi) is 5.05. The van der Waals surface area contributed by atoms with Gasteiger partial charge >= 0.3 is 0 Å². The molecule has 0 aromatic carbocycles. The Hall–Kier alpha value is -1.18. The number of nitrogens with one attached hydrogen (secondary N) is 1. The molecule has 0 saturated heterocycles. The number of carbonyl (C=O) groups is 1. The van der Waals surface area contributed by atoms with Crippen LogP contribution in [-0.2, 0) is 10.5 Å². The lowest BCUT2D eigenvalue weighted by Gasteiger charge is -2.05. The monoisotopic (exact) mass is 337 g/mol. The predicted molar refractivity (Wildman–Crippen MR) is 88.9 cm³/mol. The molecule has 0 spiro atoms. The standard InChI is InChI=1S/C14H15N3OS3/c18-12(8-10-4-1-2-5-10)15-13-16-17-14(21-13)20-9-11-6-3-7-19-11/h1,3-4,6-7,10H,2,5,8-9H2,(H,15,16,18). The second-order valence-electron chi connectivity index (χ2n) is 4.76. The van der Waals surface area contributed by atoms with Crippen LogP contribution >= 0.6 is 34.4 Å². The first-order chi connectivity index (χ1) is 10.3. The van der Waals surface area contributed by atoms with Gasteiger partial charge in [0.2, 0.25) is 11.0 Å². The number of aromatic nitrogens is 2. The summed E-state index contributed by atoms with van der Waals surface area (Å²) in [6.07, 6.45) is 6.96. The van der Waals surface area contributed by atoms with Gasteiger partial charge in [0.15, 0.2) is 4.34 Å². The SMILES string of the molecule is O=C(CC1C=CCC1)Nc1nnc(SCc2cccs2)s1. The Bertz CT molecular complexity index is 621. The van der Waals surface area contributed by atoms with E-state index in [0.29, 0.717) is 17.5 Å². The minimum atomic E-state index is 0.0255. The summed E-state index contributed by atoms with van der Waals surface area (Å²) < 4.78 is 0.888. The van der Waals surface area contributed by atoms with E-state index in [1.165, 1.54) is 16.2 Å². The van der Waals surface area contributed by atoms with Gasteiger partial charge in [-0.25, -0.2) is 0 Å². The fourth-order valence-corrected chi connectivity index (χ4v) is 4.66. The molecule has 4 nitrogen and oxygen atoms in total. The maximum absolute atomic E-state index is 11.9. The van der Waals surface area contributed by atoms with Crippen LogP contribution in [0, 0.1) is 5.92 Å². The molecule has 2 aromatic rings. The number of thioether (sulfide) groups is 1. The van der Waals surface area contributed by atoms with Gasteiger partial charge in [-0.3, -0.25) is 4.79 Å². The zero-order chi connectivity index (χ0) is 14.5. The van der Waals surface area contributed by atoms with Crippen molar-refractivity contribution < 1.29 is 4.79 Å². The molecule has 110 valence electrons. The third-order valence-electron chi connectivity index (χ3n) is 3.13. The van der Waals surface area contributed by atoms with Crippen LogP contribution in [0.1, 0.15) is 24.1 Å². The Morgan fingerprint density at radius 2 is 2.43 bits per heavy atom. The van der Waals surface area contributed by atoms with Crippen molar-refractivity contribution >= 4 is 45.5 Å². The van der Waals surface area contributed by atoms with Crippen molar-refractivity contribution in [2.24, 2.45) is 5.92 Å². The zero-order valence-electron chi connectivity index (χ0n) is 11.3. The van der Waals surface area contributed by atoms with Crippen molar-refractivity contribution in [2.45, 2.75) is 29.4 Å². The quantitative estimate of drug-likeness (QED) is 0.488. The van der Waals surface area contributed by atoms with E-state index in [1.54, 1.807) is 23.1 Å². The minimum Gasteiger partial charge on any atom is -0.300 e. The number of hydrogen-bond acceptors (Lipinski definition) is 6. The molecule has 0 aliphatic heterocycles. The number of thiophene rings is 1. The maximum Gasteiger partial charge on any atom is 0.226 e. The number of hydrogen-bond donors (Lipinski definition) is 1. The van der Waals surface area contributed by atoms with Crippen LogP contribution in [0.15, 0.2) is 34.0 Å². The summed E-state index contributed by atoms with van der Waals surface area (Å²) in [6, 6.07) is 4.15. The lowest BCUT2D eigenvalue weighted by atomic mass is 10.1. The molecule has 0 bridgehead atoms. The molecule has 1 N–H and O–H groups in total. The second-order valence-corrected chi connectivity index (χ2v) is 7.99. The van der Waals surface area contributed by atoms with E-state index >= 15 is 0 Å². The summed E-state index contributed by atoms with van der Waals surface area (Å²) in [4.78, 5) is 13.2. The molecular formula is C14H15N3OS3. The Morgan fingerprint density at radius 1 is 1.48 bits per heavy atom. The van der Waals surface area contributed by atoms with Crippen LogP contribution in [0.4, 0.5) is 5.13 Å². The highest BCUT2D eigenvalue weighted by atomic mass is 32.2. The van der Waals surface area contributed by atoms with E-state index in [-0.39, 0.29) is 5.91 Å². The van der Waals surface area contributed by atoms with E-state index in [4.69, 9.17) is 0 Å². The fraction of sp³-hybridized carbons (Fsp3) is 0.357. The van der Waals surface area contributed by atoms with Gasteiger partial charge in [-0.1, -0.05) is 41.3 Å². The third-order valence-corrected chi connectivity index (χ3v) is 6.21. The maximum atomic E-state index is 11.9. The highest BCUT2D eigenvalue weighted by Crippen LogP contribution is 2.30. The Balaban J connectivity index is 1.47. The van der Waals surface area contributed by atoms with Crippen LogP contribution in [0.5, 0.6) is 0 Å². The van der Waals surface area contributed by atoms with Crippen LogP contribution < -0.4 is 5.32 Å². The topological polar surface area (TPSA) is 54.9 Å². The lowest BCUT2D eigenvalue weighted by molar-refractivity contribution is -0.116. The number of nitrogens with zero attached hydrogens (tertiary/aromatic N) is 2. The Morgan fingerprint density at radius 3 is 3.19 bits per heavy atom. The van der Waals surface area contributed by atoms with Gasteiger partial charge in [0.05, 0.1) is 0 Å². The van der Waals surface area contributed by atoms with Crippen molar-refractivity contribution in [3.63, 3.8) is 0 Å². The van der Waals surface area contributed by atoms with Crippen LogP contribution in [-0.4, -0.2) is 16.1 Å². The van der Waals surface area contributed by atoms with Gasteiger partial charge in [0.1, 0.15) is 0 Å². The third kappa shape index (κ3) is 4.39. The Labute approximate surface area is 135 Å². The van der Waals surface area contributed by atoms with Crippen LogP contribution in [0.3, 0.4) is 0 Å². The van der Waals surface area contributed by atoms with Crippen LogP contribution in [0.2, 0.25) is 0 Å². The fourth-order valence-electron chi connectivity index (χ4n) is 2.12. The molecule has 1 aliphatic carbocycles. The molecular weight excluding hydrogens is 322 g/mol. The summed E-state index contributed by atoms with van der Waals surface area (Å²) in [5.74, 6) is 1.30. The number of rotatable bonds is 6. The van der Waals surface area contributed by atoms with E-state index in [2.05, 4.69) is 39.1 Å². The molecule has 1 aliphatic rings. The average molecular weight is 337 g/mol. The van der Waals surface area contributed by atoms with Gasteiger partial charge < -0.3 is 5.32 Å². The molecule has 0 saturated carbocycles. The first kappa shape index (κ1) is 14.7. The first-order valence-electron chi connectivity index (χ1n) is 6.75. The van der Waals surface area contributed by atoms with Gasteiger partial charge in [-0.05, 0) is 30.2 Å². The predicted octanol–water partition coefficient (Wildman–Crippen LogP) is 4.19. The second kappa shape index (κ2) is 7.20. The van der Waals surface area contributed by atoms with Gasteiger partial charge in [-0.2, -0.15) is 0 Å². The minimum absolute atomic E-state index is 0.0255. The molecule has 1 unspecified atom stereocenters. The highest BCUT2D eigenvalue weighted by Gasteiger charge is 2.15. The summed E-state index contributed by atoms with van der Waals surface area (Å²) in [6.45, 7) is 0. The largest absolute Gasteiger partial charge is 0.300 e. The zero-order valence-corrected chi connectivity index (χ0v) is 13.8. The van der Waals surface area contributed by atoms with Gasteiger partial charge in [0, 0.05) is 17.1 Å². The van der Waals surface area contributed by atoms with E-state index < -0.39 is 0 Å². The summed E-state index contributed by atoms with van der Waals surface area (Å²) in [5.41, 5.74) is 0. The van der Waals surface area contributed by atoms with E-state index in [1.807, 2.05) is 6.07 Å². The normalized spacial score (nSPS) is 17.2. The number of amides is 1. The smallest absolute Gasteiger partial charge is 0.226 e. The molecule has 3 rings (SSSR count). The molecule has 1 atom stereocenters. The highest BCUT2D eigenvalue weighted by molar-refractivity contribution is 8.00. The summed E-state index contributed by atoms with van der Waals surface area (Å²) >= 11 is 4.82. The van der Waals surface area contributed by atoms with Crippen molar-refractivity contribution in [1.82, 2.24) is 10.2 Å². The van der Waals surface area contributed by atoms with Crippen molar-refractivity contribution in [3.05, 3.63) is 34.5 Å². The van der Waals surface area contributed by atoms with Crippen molar-refractivity contribution in [3.8, 4) is 0 Å². The molecule has 0 radical (unpaired) electrons.